The van der Waals surface area contributed by atoms with Crippen LogP contribution < -0.4 is 4.72 Å². The van der Waals surface area contributed by atoms with Gasteiger partial charge in [0, 0.05) is 0 Å². The topological polar surface area (TPSA) is 92.7 Å². The van der Waals surface area contributed by atoms with E-state index in [1.165, 1.54) is 6.07 Å². The minimum Gasteiger partial charge on any atom is -0.465 e. The van der Waals surface area contributed by atoms with Crippen LogP contribution in [0.4, 0.5) is 0 Å². The normalized spacial score (nSPS) is 13.3. The fourth-order valence-electron chi connectivity index (χ4n) is 1.09. The molecule has 102 valence electrons. The Morgan fingerprint density at radius 2 is 2.28 bits per heavy atom. The summed E-state index contributed by atoms with van der Waals surface area (Å²) in [6, 6.07) is 1.68. The number of carbonyl (C=O) groups is 1. The molecule has 1 atom stereocenters. The second kappa shape index (κ2) is 6.62. The molecule has 6 nitrogen and oxygen atoms in total. The van der Waals surface area contributed by atoms with Crippen LogP contribution in [0.5, 0.6) is 0 Å². The van der Waals surface area contributed by atoms with Gasteiger partial charge in [0.2, 0.25) is 0 Å². The number of halogens is 1. The van der Waals surface area contributed by atoms with Crippen molar-refractivity contribution in [1.29, 1.82) is 0 Å². The first-order valence-electron chi connectivity index (χ1n) is 4.96. The maximum absolute atomic E-state index is 11.9. The van der Waals surface area contributed by atoms with Crippen LogP contribution in [0.1, 0.15) is 6.92 Å². The molecule has 0 aliphatic heterocycles. The van der Waals surface area contributed by atoms with Gasteiger partial charge in [0.25, 0.3) is 10.0 Å². The predicted molar refractivity (Wildman–Crippen MR) is 69.8 cm³/mol. The minimum atomic E-state index is -3.84. The third-order valence-electron chi connectivity index (χ3n) is 1.86. The Labute approximate surface area is 117 Å². The highest BCUT2D eigenvalue weighted by Gasteiger charge is 2.27. The van der Waals surface area contributed by atoms with Crippen LogP contribution in [0.15, 0.2) is 20.1 Å². The van der Waals surface area contributed by atoms with Crippen LogP contribution in [0.25, 0.3) is 0 Å². The molecule has 0 bridgehead atoms. The average Bonchev–Trinajstić information content (AvgIpc) is 2.74. The van der Waals surface area contributed by atoms with Gasteiger partial charge in [-0.2, -0.15) is 4.72 Å². The highest BCUT2D eigenvalue weighted by atomic mass is 79.9. The van der Waals surface area contributed by atoms with E-state index in [1.54, 1.807) is 13.0 Å². The van der Waals surface area contributed by atoms with Gasteiger partial charge in [-0.1, -0.05) is 0 Å². The molecule has 0 saturated carbocycles. The number of ether oxygens (including phenoxy) is 1. The van der Waals surface area contributed by atoms with Crippen molar-refractivity contribution in [2.45, 2.75) is 17.2 Å². The van der Waals surface area contributed by atoms with E-state index in [4.69, 9.17) is 5.11 Å². The Hall–Kier alpha value is -0.480. The lowest BCUT2D eigenvalue weighted by molar-refractivity contribution is -0.146. The molecule has 1 unspecified atom stereocenters. The van der Waals surface area contributed by atoms with Crippen molar-refractivity contribution >= 4 is 43.3 Å². The number of nitrogens with one attached hydrogen (secondary N) is 1. The maximum Gasteiger partial charge on any atom is 0.326 e. The van der Waals surface area contributed by atoms with Crippen LogP contribution in [-0.2, 0) is 19.6 Å². The fraction of sp³-hybridized carbons (Fsp3) is 0.444. The quantitative estimate of drug-likeness (QED) is 0.731. The molecule has 0 amide bonds. The fourth-order valence-corrected chi connectivity index (χ4v) is 4.29. The van der Waals surface area contributed by atoms with Gasteiger partial charge in [-0.15, -0.1) is 11.3 Å². The Kier molecular flexibility index (Phi) is 5.73. The first-order chi connectivity index (χ1) is 8.40. The summed E-state index contributed by atoms with van der Waals surface area (Å²) < 4.78 is 31.2. The molecule has 2 N–H and O–H groups in total. The van der Waals surface area contributed by atoms with Crippen LogP contribution in [-0.4, -0.2) is 38.7 Å². The van der Waals surface area contributed by atoms with E-state index in [2.05, 4.69) is 25.4 Å². The Bertz CT molecular complexity index is 513. The van der Waals surface area contributed by atoms with Crippen molar-refractivity contribution in [3.05, 3.63) is 15.9 Å². The molecule has 0 spiro atoms. The number of esters is 1. The third-order valence-corrected chi connectivity index (χ3v) is 5.45. The van der Waals surface area contributed by atoms with Gasteiger partial charge >= 0.3 is 5.97 Å². The van der Waals surface area contributed by atoms with E-state index in [0.29, 0.717) is 3.79 Å². The van der Waals surface area contributed by atoms with Crippen LogP contribution in [0.3, 0.4) is 0 Å². The molecule has 0 radical (unpaired) electrons. The number of hydrogen-bond donors (Lipinski definition) is 2. The molecule has 0 aromatic carbocycles. The van der Waals surface area contributed by atoms with E-state index in [9.17, 15) is 13.2 Å². The van der Waals surface area contributed by atoms with E-state index in [-0.39, 0.29) is 10.8 Å². The van der Waals surface area contributed by atoms with Crippen molar-refractivity contribution in [3.63, 3.8) is 0 Å². The number of carbonyl (C=O) groups excluding carboxylic acids is 1. The van der Waals surface area contributed by atoms with Gasteiger partial charge < -0.3 is 9.84 Å². The monoisotopic (exact) mass is 357 g/mol. The number of thiophene rings is 1. The van der Waals surface area contributed by atoms with Crippen molar-refractivity contribution in [2.75, 3.05) is 13.2 Å². The van der Waals surface area contributed by atoms with Gasteiger partial charge in [0.15, 0.2) is 0 Å². The third kappa shape index (κ3) is 4.02. The van der Waals surface area contributed by atoms with Gasteiger partial charge in [-0.3, -0.25) is 4.79 Å². The zero-order chi connectivity index (χ0) is 13.8. The Morgan fingerprint density at radius 3 is 2.72 bits per heavy atom. The molecule has 0 aliphatic rings. The van der Waals surface area contributed by atoms with E-state index < -0.39 is 28.6 Å². The summed E-state index contributed by atoms with van der Waals surface area (Å²) in [4.78, 5) is 11.4. The number of hydrogen-bond acceptors (Lipinski definition) is 6. The minimum absolute atomic E-state index is 0.0529. The predicted octanol–water partition coefficient (Wildman–Crippen LogP) is 0.713. The molecular formula is C9H12BrNO5S2. The number of rotatable bonds is 6. The maximum atomic E-state index is 11.9. The van der Waals surface area contributed by atoms with Crippen LogP contribution in [0.2, 0.25) is 0 Å². The summed E-state index contributed by atoms with van der Waals surface area (Å²) in [6.45, 7) is 1.05. The number of aliphatic hydroxyl groups excluding tert-OH is 1. The number of sulfonamides is 1. The standard InChI is InChI=1S/C9H12BrNO5S2/c1-2-16-9(13)6(5-12)11-18(14,15)8-4-3-7(10)17-8/h3-4,6,11-12H,2,5H2,1H3. The summed E-state index contributed by atoms with van der Waals surface area (Å²) in [5.74, 6) is -0.806. The highest BCUT2D eigenvalue weighted by molar-refractivity contribution is 9.11. The van der Waals surface area contributed by atoms with E-state index >= 15 is 0 Å². The summed E-state index contributed by atoms with van der Waals surface area (Å²) in [5.41, 5.74) is 0. The van der Waals surface area contributed by atoms with E-state index in [0.717, 1.165) is 11.3 Å². The second-order valence-electron chi connectivity index (χ2n) is 3.17. The molecule has 1 heterocycles. The first-order valence-corrected chi connectivity index (χ1v) is 8.05. The second-order valence-corrected chi connectivity index (χ2v) is 7.57. The van der Waals surface area contributed by atoms with Crippen molar-refractivity contribution in [1.82, 2.24) is 4.72 Å². The van der Waals surface area contributed by atoms with Crippen molar-refractivity contribution in [3.8, 4) is 0 Å². The van der Waals surface area contributed by atoms with Gasteiger partial charge in [-0.05, 0) is 35.0 Å². The van der Waals surface area contributed by atoms with Gasteiger partial charge in [-0.25, -0.2) is 8.42 Å². The van der Waals surface area contributed by atoms with Crippen LogP contribution in [0, 0.1) is 0 Å². The largest absolute Gasteiger partial charge is 0.465 e. The smallest absolute Gasteiger partial charge is 0.326 e. The first kappa shape index (κ1) is 15.6. The molecule has 1 aromatic heterocycles. The van der Waals surface area contributed by atoms with Crippen molar-refractivity contribution < 1.29 is 23.1 Å². The summed E-state index contributed by atoms with van der Waals surface area (Å²) >= 11 is 4.15. The average molecular weight is 358 g/mol. The lowest BCUT2D eigenvalue weighted by atomic mass is 10.3. The molecule has 0 saturated heterocycles. The Balaban J connectivity index is 2.84. The molecular weight excluding hydrogens is 346 g/mol. The lowest BCUT2D eigenvalue weighted by Gasteiger charge is -2.14. The summed E-state index contributed by atoms with van der Waals surface area (Å²) in [7, 11) is -3.84. The number of aliphatic hydroxyl groups is 1. The SMILES string of the molecule is CCOC(=O)C(CO)NS(=O)(=O)c1ccc(Br)s1. The Morgan fingerprint density at radius 1 is 1.61 bits per heavy atom. The van der Waals surface area contributed by atoms with Crippen LogP contribution >= 0.6 is 27.3 Å². The molecule has 18 heavy (non-hydrogen) atoms. The van der Waals surface area contributed by atoms with Gasteiger partial charge in [0.1, 0.15) is 10.3 Å². The molecule has 0 aliphatic carbocycles. The molecule has 1 aromatic rings. The molecule has 9 heteroatoms. The van der Waals surface area contributed by atoms with E-state index in [1.807, 2.05) is 0 Å². The summed E-state index contributed by atoms with van der Waals surface area (Å²) in [5, 5.41) is 9.00. The molecule has 0 fully saturated rings. The zero-order valence-corrected chi connectivity index (χ0v) is 12.6. The summed E-state index contributed by atoms with van der Waals surface area (Å²) in [6.07, 6.45) is 0. The van der Waals surface area contributed by atoms with Gasteiger partial charge in [0.05, 0.1) is 17.0 Å². The highest BCUT2D eigenvalue weighted by Crippen LogP contribution is 2.25. The zero-order valence-electron chi connectivity index (χ0n) is 9.42. The lowest BCUT2D eigenvalue weighted by Crippen LogP contribution is -2.44. The molecule has 1 rings (SSSR count). The van der Waals surface area contributed by atoms with Crippen molar-refractivity contribution in [2.24, 2.45) is 0 Å².